The number of amides is 1. The van der Waals surface area contributed by atoms with E-state index in [1.807, 2.05) is 31.2 Å². The number of carbonyl (C=O) groups is 2. The molecule has 0 bridgehead atoms. The van der Waals surface area contributed by atoms with E-state index in [2.05, 4.69) is 10.3 Å². The second-order valence-corrected chi connectivity index (χ2v) is 6.67. The minimum Gasteiger partial charge on any atom is -0.494 e. The average Bonchev–Trinajstić information content (AvgIpc) is 2.97. The molecule has 2 N–H and O–H groups in total. The van der Waals surface area contributed by atoms with Gasteiger partial charge in [0.2, 0.25) is 5.91 Å². The summed E-state index contributed by atoms with van der Waals surface area (Å²) in [5.41, 5.74) is 1.53. The molecule has 0 fully saturated rings. The summed E-state index contributed by atoms with van der Waals surface area (Å²) in [7, 11) is 0. The van der Waals surface area contributed by atoms with Gasteiger partial charge in [0.25, 0.3) is 0 Å². The zero-order valence-corrected chi connectivity index (χ0v) is 15.4. The van der Waals surface area contributed by atoms with E-state index >= 15 is 0 Å². The Labute approximate surface area is 150 Å². The third-order valence-electron chi connectivity index (χ3n) is 3.63. The molecule has 0 aliphatic rings. The fourth-order valence-corrected chi connectivity index (χ4v) is 3.26. The van der Waals surface area contributed by atoms with Gasteiger partial charge in [-0.05, 0) is 44.9 Å². The van der Waals surface area contributed by atoms with Crippen LogP contribution in [0.25, 0.3) is 0 Å². The quantitative estimate of drug-likeness (QED) is 0.752. The average molecular weight is 362 g/mol. The van der Waals surface area contributed by atoms with Crippen molar-refractivity contribution < 1.29 is 19.4 Å². The number of carboxylic acids is 1. The first-order chi connectivity index (χ1) is 11.9. The summed E-state index contributed by atoms with van der Waals surface area (Å²) < 4.78 is 5.39. The van der Waals surface area contributed by atoms with E-state index in [1.165, 1.54) is 0 Å². The van der Waals surface area contributed by atoms with Crippen LogP contribution in [0.2, 0.25) is 0 Å². The van der Waals surface area contributed by atoms with Crippen molar-refractivity contribution in [1.29, 1.82) is 0 Å². The van der Waals surface area contributed by atoms with Gasteiger partial charge in [0, 0.05) is 6.42 Å². The van der Waals surface area contributed by atoms with E-state index in [0.29, 0.717) is 30.2 Å². The minimum atomic E-state index is -0.990. The third-order valence-corrected chi connectivity index (χ3v) is 4.96. The van der Waals surface area contributed by atoms with Gasteiger partial charge in [0.1, 0.15) is 15.6 Å². The molecule has 2 aromatic rings. The summed E-state index contributed by atoms with van der Waals surface area (Å²) in [6.45, 7) is 6.02. The number of nitrogens with one attached hydrogen (secondary N) is 1. The highest BCUT2D eigenvalue weighted by Crippen LogP contribution is 2.23. The standard InChI is InChI=1S/C18H22N2O4S/c1-4-24-14-8-5-13(6-9-14)7-10-15(21)19-12(3)17-20-11(2)16(25-17)18(22)23/h5-6,8-9,12H,4,7,10H2,1-3H3,(H,19,21)(H,22,23). The Morgan fingerprint density at radius 2 is 2.00 bits per heavy atom. The summed E-state index contributed by atoms with van der Waals surface area (Å²) in [5, 5.41) is 12.6. The summed E-state index contributed by atoms with van der Waals surface area (Å²) in [5.74, 6) is -0.265. The van der Waals surface area contributed by atoms with Gasteiger partial charge in [0.15, 0.2) is 0 Å². The number of hydrogen-bond acceptors (Lipinski definition) is 5. The van der Waals surface area contributed by atoms with Crippen LogP contribution >= 0.6 is 11.3 Å². The molecule has 2 rings (SSSR count). The summed E-state index contributed by atoms with van der Waals surface area (Å²) in [4.78, 5) is 27.7. The predicted molar refractivity (Wildman–Crippen MR) is 96.3 cm³/mol. The van der Waals surface area contributed by atoms with Gasteiger partial charge >= 0.3 is 5.97 Å². The first kappa shape index (κ1) is 18.9. The molecule has 6 nitrogen and oxygen atoms in total. The number of nitrogens with zero attached hydrogens (tertiary/aromatic N) is 1. The number of carboxylic acid groups (broad SMARTS) is 1. The predicted octanol–water partition coefficient (Wildman–Crippen LogP) is 3.36. The molecule has 0 saturated carbocycles. The molecule has 134 valence electrons. The van der Waals surface area contributed by atoms with Crippen molar-refractivity contribution in [2.45, 2.75) is 39.7 Å². The fraction of sp³-hybridized carbons (Fsp3) is 0.389. The summed E-state index contributed by atoms with van der Waals surface area (Å²) in [6, 6.07) is 7.37. The van der Waals surface area contributed by atoms with Gasteiger partial charge in [-0.2, -0.15) is 0 Å². The maximum Gasteiger partial charge on any atom is 0.347 e. The Hall–Kier alpha value is -2.41. The Morgan fingerprint density at radius 3 is 2.56 bits per heavy atom. The molecule has 0 saturated heterocycles. The van der Waals surface area contributed by atoms with Gasteiger partial charge in [-0.1, -0.05) is 12.1 Å². The second-order valence-electron chi connectivity index (χ2n) is 5.64. The molecular formula is C18H22N2O4S. The van der Waals surface area contributed by atoms with Crippen LogP contribution in [-0.2, 0) is 11.2 Å². The van der Waals surface area contributed by atoms with Crippen LogP contribution in [0.15, 0.2) is 24.3 Å². The maximum absolute atomic E-state index is 12.1. The number of hydrogen-bond donors (Lipinski definition) is 2. The molecule has 7 heteroatoms. The number of aromatic carboxylic acids is 1. The Balaban J connectivity index is 1.87. The second kappa shape index (κ2) is 8.62. The highest BCUT2D eigenvalue weighted by Gasteiger charge is 2.19. The molecule has 1 aromatic carbocycles. The Kier molecular flexibility index (Phi) is 6.52. The molecule has 1 aromatic heterocycles. The van der Waals surface area contributed by atoms with E-state index in [9.17, 15) is 9.59 Å². The van der Waals surface area contributed by atoms with E-state index in [4.69, 9.17) is 9.84 Å². The number of benzene rings is 1. The van der Waals surface area contributed by atoms with E-state index in [1.54, 1.807) is 13.8 Å². The van der Waals surface area contributed by atoms with Gasteiger partial charge < -0.3 is 15.2 Å². The number of carbonyl (C=O) groups excluding carboxylic acids is 1. The van der Waals surface area contributed by atoms with Crippen LogP contribution in [-0.4, -0.2) is 28.6 Å². The van der Waals surface area contributed by atoms with Crippen LogP contribution in [0.3, 0.4) is 0 Å². The lowest BCUT2D eigenvalue weighted by Crippen LogP contribution is -2.26. The zero-order valence-electron chi connectivity index (χ0n) is 14.5. The lowest BCUT2D eigenvalue weighted by molar-refractivity contribution is -0.121. The van der Waals surface area contributed by atoms with E-state index in [-0.39, 0.29) is 16.8 Å². The van der Waals surface area contributed by atoms with Crippen molar-refractivity contribution in [3.8, 4) is 5.75 Å². The summed E-state index contributed by atoms with van der Waals surface area (Å²) in [6.07, 6.45) is 0.983. The third kappa shape index (κ3) is 5.29. The van der Waals surface area contributed by atoms with Crippen molar-refractivity contribution in [3.63, 3.8) is 0 Å². The van der Waals surface area contributed by atoms with E-state index < -0.39 is 5.97 Å². The molecule has 0 spiro atoms. The molecule has 25 heavy (non-hydrogen) atoms. The normalized spacial score (nSPS) is 11.8. The maximum atomic E-state index is 12.1. The Morgan fingerprint density at radius 1 is 1.32 bits per heavy atom. The lowest BCUT2D eigenvalue weighted by atomic mass is 10.1. The van der Waals surface area contributed by atoms with E-state index in [0.717, 1.165) is 22.6 Å². The number of aromatic nitrogens is 1. The largest absolute Gasteiger partial charge is 0.494 e. The number of ether oxygens (including phenoxy) is 1. The smallest absolute Gasteiger partial charge is 0.347 e. The number of aryl methyl sites for hydroxylation is 2. The highest BCUT2D eigenvalue weighted by atomic mass is 32.1. The first-order valence-electron chi connectivity index (χ1n) is 8.12. The van der Waals surface area contributed by atoms with Crippen molar-refractivity contribution >= 4 is 23.2 Å². The molecule has 1 heterocycles. The van der Waals surface area contributed by atoms with Gasteiger partial charge in [-0.25, -0.2) is 9.78 Å². The van der Waals surface area contributed by atoms with Crippen molar-refractivity contribution in [3.05, 3.63) is 45.4 Å². The SMILES string of the molecule is CCOc1ccc(CCC(=O)NC(C)c2nc(C)c(C(=O)O)s2)cc1. The number of thiazole rings is 1. The van der Waals surface area contributed by atoms with Gasteiger partial charge in [-0.3, -0.25) is 4.79 Å². The molecule has 0 aliphatic carbocycles. The topological polar surface area (TPSA) is 88.5 Å². The zero-order chi connectivity index (χ0) is 18.4. The monoisotopic (exact) mass is 362 g/mol. The van der Waals surface area contributed by atoms with Crippen LogP contribution in [0.5, 0.6) is 5.75 Å². The van der Waals surface area contributed by atoms with Crippen molar-refractivity contribution in [2.75, 3.05) is 6.61 Å². The van der Waals surface area contributed by atoms with Crippen LogP contribution < -0.4 is 10.1 Å². The molecular weight excluding hydrogens is 340 g/mol. The van der Waals surface area contributed by atoms with Crippen molar-refractivity contribution in [2.24, 2.45) is 0 Å². The molecule has 1 atom stereocenters. The van der Waals surface area contributed by atoms with Gasteiger partial charge in [-0.15, -0.1) is 11.3 Å². The minimum absolute atomic E-state index is 0.0916. The van der Waals surface area contributed by atoms with Crippen molar-refractivity contribution in [1.82, 2.24) is 10.3 Å². The highest BCUT2D eigenvalue weighted by molar-refractivity contribution is 7.13. The Bertz CT molecular complexity index is 740. The lowest BCUT2D eigenvalue weighted by Gasteiger charge is -2.11. The fourth-order valence-electron chi connectivity index (χ4n) is 2.35. The number of rotatable bonds is 8. The first-order valence-corrected chi connectivity index (χ1v) is 8.94. The van der Waals surface area contributed by atoms with Crippen LogP contribution in [0.4, 0.5) is 0 Å². The molecule has 0 radical (unpaired) electrons. The van der Waals surface area contributed by atoms with Crippen LogP contribution in [0, 0.1) is 6.92 Å². The molecule has 0 aliphatic heterocycles. The van der Waals surface area contributed by atoms with Crippen LogP contribution in [0.1, 0.15) is 52.2 Å². The molecule has 1 unspecified atom stereocenters. The summed E-state index contributed by atoms with van der Waals surface area (Å²) >= 11 is 1.10. The van der Waals surface area contributed by atoms with Gasteiger partial charge in [0.05, 0.1) is 18.3 Å². The molecule has 1 amide bonds.